The van der Waals surface area contributed by atoms with E-state index in [4.69, 9.17) is 0 Å². The summed E-state index contributed by atoms with van der Waals surface area (Å²) in [4.78, 5) is 0. The molecule has 2 aromatic rings. The van der Waals surface area contributed by atoms with E-state index >= 15 is 0 Å². The van der Waals surface area contributed by atoms with Gasteiger partial charge in [0.1, 0.15) is 5.60 Å². The van der Waals surface area contributed by atoms with Crippen LogP contribution in [0.2, 0.25) is 0 Å². The van der Waals surface area contributed by atoms with Crippen LogP contribution >= 0.6 is 0 Å². The maximum atomic E-state index is 15.0. The highest BCUT2D eigenvalue weighted by Gasteiger charge is 2.90. The van der Waals surface area contributed by atoms with Gasteiger partial charge in [-0.1, -0.05) is 82.3 Å². The molecule has 0 radical (unpaired) electrons. The molecule has 0 aliphatic carbocycles. The van der Waals surface area contributed by atoms with Gasteiger partial charge in [0.2, 0.25) is 0 Å². The highest BCUT2D eigenvalue weighted by atomic mass is 19.4. The fraction of sp³-hybridized carbons (Fsp3) is 0.538. The van der Waals surface area contributed by atoms with Crippen molar-refractivity contribution in [2.75, 3.05) is 0 Å². The Hall–Kier alpha value is -2.51. The Morgan fingerprint density at radius 2 is 0.975 bits per heavy atom. The van der Waals surface area contributed by atoms with Gasteiger partial charge < -0.3 is 5.11 Å². The molecule has 40 heavy (non-hydrogen) atoms. The molecule has 0 saturated heterocycles. The molecule has 2 atom stereocenters. The minimum absolute atomic E-state index is 0.00953. The number of benzene rings is 2. The summed E-state index contributed by atoms with van der Waals surface area (Å²) in [5.41, 5.74) is -3.82. The van der Waals surface area contributed by atoms with Gasteiger partial charge in [0.15, 0.2) is 0 Å². The third kappa shape index (κ3) is 5.39. The number of rotatable bonds is 9. The maximum absolute atomic E-state index is 15.0. The van der Waals surface area contributed by atoms with Crippen molar-refractivity contribution in [3.63, 3.8) is 0 Å². The van der Waals surface area contributed by atoms with Gasteiger partial charge in [-0.25, -0.2) is 0 Å². The Kier molecular flexibility index (Phi) is 8.50. The van der Waals surface area contributed by atoms with Crippen molar-refractivity contribution in [2.45, 2.75) is 86.8 Å². The molecule has 0 aliphatic rings. The van der Waals surface area contributed by atoms with Crippen molar-refractivity contribution in [1.29, 1.82) is 0 Å². The van der Waals surface area contributed by atoms with Gasteiger partial charge in [0.05, 0.1) is 6.42 Å². The van der Waals surface area contributed by atoms with Gasteiger partial charge in [-0.05, 0) is 22.1 Å². The van der Waals surface area contributed by atoms with E-state index in [2.05, 4.69) is 0 Å². The summed E-state index contributed by atoms with van der Waals surface area (Å²) in [6.07, 6.45) is -10.3. The summed E-state index contributed by atoms with van der Waals surface area (Å²) in [5, 5.41) is 11.4. The van der Waals surface area contributed by atoms with E-state index in [1.54, 1.807) is 20.8 Å². The first-order chi connectivity index (χ1) is 17.7. The smallest absolute Gasteiger partial charge is 0.384 e. The van der Waals surface area contributed by atoms with Crippen molar-refractivity contribution >= 4 is 0 Å². The molecule has 2 rings (SSSR count). The normalized spacial score (nSPS) is 16.9. The van der Waals surface area contributed by atoms with Crippen LogP contribution in [0.1, 0.15) is 56.7 Å². The molecule has 0 amide bonds. The van der Waals surface area contributed by atoms with E-state index in [1.165, 1.54) is 42.5 Å². The number of halogens is 13. The largest absolute Gasteiger partial charge is 0.460 e. The van der Waals surface area contributed by atoms with Crippen molar-refractivity contribution < 1.29 is 62.2 Å². The Bertz CT molecular complexity index is 1150. The predicted octanol–water partition coefficient (Wildman–Crippen LogP) is 9.10. The van der Waals surface area contributed by atoms with Gasteiger partial charge in [-0.2, -0.15) is 57.1 Å². The average molecular weight is 600 g/mol. The molecule has 14 heteroatoms. The molecule has 0 fully saturated rings. The highest BCUT2D eigenvalue weighted by molar-refractivity contribution is 5.35. The molecule has 0 saturated carbocycles. The van der Waals surface area contributed by atoms with Crippen molar-refractivity contribution in [3.8, 4) is 0 Å². The molecule has 1 N–H and O–H groups in total. The molecule has 2 unspecified atom stereocenters. The van der Waals surface area contributed by atoms with Crippen LogP contribution in [0.25, 0.3) is 0 Å². The van der Waals surface area contributed by atoms with Gasteiger partial charge in [-0.3, -0.25) is 0 Å². The summed E-state index contributed by atoms with van der Waals surface area (Å²) >= 11 is 0. The lowest BCUT2D eigenvalue weighted by atomic mass is 9.72. The zero-order valence-corrected chi connectivity index (χ0v) is 21.3. The summed E-state index contributed by atoms with van der Waals surface area (Å²) in [7, 11) is 0. The predicted molar refractivity (Wildman–Crippen MR) is 119 cm³/mol. The Balaban J connectivity index is 2.71. The van der Waals surface area contributed by atoms with Crippen LogP contribution in [0.3, 0.4) is 0 Å². The fourth-order valence-corrected chi connectivity index (χ4v) is 4.03. The molecule has 0 bridgehead atoms. The van der Waals surface area contributed by atoms with E-state index in [0.717, 1.165) is 19.1 Å². The van der Waals surface area contributed by atoms with Crippen LogP contribution in [0.4, 0.5) is 57.1 Å². The number of hydrogen-bond acceptors (Lipinski definition) is 1. The summed E-state index contributed by atoms with van der Waals surface area (Å²) in [6, 6.07) is 11.2. The first-order valence-corrected chi connectivity index (χ1v) is 11.5. The van der Waals surface area contributed by atoms with Crippen molar-refractivity contribution in [1.82, 2.24) is 0 Å². The van der Waals surface area contributed by atoms with Crippen LogP contribution in [-0.2, 0) is 11.0 Å². The van der Waals surface area contributed by atoms with E-state index in [1.807, 2.05) is 0 Å². The second kappa shape index (κ2) is 10.1. The van der Waals surface area contributed by atoms with Gasteiger partial charge in [0, 0.05) is 5.92 Å². The Morgan fingerprint density at radius 3 is 1.38 bits per heavy atom. The van der Waals surface area contributed by atoms with Crippen LogP contribution in [0.15, 0.2) is 54.6 Å². The summed E-state index contributed by atoms with van der Waals surface area (Å²) < 4.78 is 179. The van der Waals surface area contributed by atoms with Crippen LogP contribution in [-0.4, -0.2) is 40.9 Å². The molecular weight excluding hydrogens is 575 g/mol. The molecule has 2 aromatic carbocycles. The maximum Gasteiger partial charge on any atom is 0.460 e. The minimum Gasteiger partial charge on any atom is -0.384 e. The lowest BCUT2D eigenvalue weighted by Crippen LogP contribution is -2.70. The first kappa shape index (κ1) is 33.7. The lowest BCUT2D eigenvalue weighted by molar-refractivity contribution is -0.441. The standard InChI is InChI=1S/C26H25F13O/c1-15(16-8-6-5-7-9-16)20(40,18-12-10-17(11-13-18)19(2,3)4)14-21(27,28)22(29,30)23(31,32)24(33,34)25(35,36)26(37,38)39/h5-13,15,40H,14H2,1-4H3. The minimum atomic E-state index is -8.01. The van der Waals surface area contributed by atoms with Crippen molar-refractivity contribution in [2.24, 2.45) is 0 Å². The Morgan fingerprint density at radius 1 is 0.575 bits per heavy atom. The van der Waals surface area contributed by atoms with E-state index in [9.17, 15) is 62.2 Å². The second-order valence-electron chi connectivity index (χ2n) is 10.6. The van der Waals surface area contributed by atoms with Crippen molar-refractivity contribution in [3.05, 3.63) is 71.3 Å². The van der Waals surface area contributed by atoms with Crippen LogP contribution in [0, 0.1) is 0 Å². The fourth-order valence-electron chi connectivity index (χ4n) is 4.03. The van der Waals surface area contributed by atoms with E-state index in [-0.39, 0.29) is 5.56 Å². The molecular formula is C26H25F13O. The number of aliphatic hydroxyl groups is 1. The molecule has 0 heterocycles. The third-order valence-corrected chi connectivity index (χ3v) is 6.76. The van der Waals surface area contributed by atoms with Gasteiger partial charge in [0.25, 0.3) is 0 Å². The van der Waals surface area contributed by atoms with Crippen LogP contribution in [0.5, 0.6) is 0 Å². The van der Waals surface area contributed by atoms with E-state index < -0.39 is 64.7 Å². The van der Waals surface area contributed by atoms with Crippen LogP contribution < -0.4 is 0 Å². The summed E-state index contributed by atoms with van der Waals surface area (Å²) in [6.45, 7) is 6.21. The zero-order chi connectivity index (χ0) is 31.4. The molecule has 0 spiro atoms. The summed E-state index contributed by atoms with van der Waals surface area (Å²) in [5.74, 6) is -39.4. The lowest BCUT2D eigenvalue weighted by Gasteiger charge is -2.43. The van der Waals surface area contributed by atoms with E-state index in [0.29, 0.717) is 5.56 Å². The topological polar surface area (TPSA) is 20.2 Å². The molecule has 0 aromatic heterocycles. The molecule has 1 nitrogen and oxygen atoms in total. The second-order valence-corrected chi connectivity index (χ2v) is 10.6. The van der Waals surface area contributed by atoms with Gasteiger partial charge >= 0.3 is 35.8 Å². The molecule has 226 valence electrons. The highest BCUT2D eigenvalue weighted by Crippen LogP contribution is 2.62. The SMILES string of the molecule is CC(c1ccccc1)C(O)(CC(F)(F)C(F)(F)C(F)(F)C(F)(F)C(F)(F)C(F)(F)F)c1ccc(C(C)(C)C)cc1. The first-order valence-electron chi connectivity index (χ1n) is 11.5. The van der Waals surface area contributed by atoms with Gasteiger partial charge in [-0.15, -0.1) is 0 Å². The quantitative estimate of drug-likeness (QED) is 0.285. The number of alkyl halides is 13. The zero-order valence-electron chi connectivity index (χ0n) is 21.3. The third-order valence-electron chi connectivity index (χ3n) is 6.76. The molecule has 0 aliphatic heterocycles. The average Bonchev–Trinajstić information content (AvgIpc) is 2.82. The number of hydrogen-bond donors (Lipinski definition) is 1. The monoisotopic (exact) mass is 600 g/mol. The Labute approximate surface area is 221 Å².